The molecule has 0 bridgehead atoms. The Bertz CT molecular complexity index is 1640. The molecule has 42 heavy (non-hydrogen) atoms. The maximum absolute atomic E-state index is 13.8. The van der Waals surface area contributed by atoms with Gasteiger partial charge in [0.25, 0.3) is 10.0 Å². The highest BCUT2D eigenvalue weighted by atomic mass is 35.5. The van der Waals surface area contributed by atoms with Crippen LogP contribution < -0.4 is 9.04 Å². The van der Waals surface area contributed by atoms with Crippen molar-refractivity contribution in [2.45, 2.75) is 43.6 Å². The molecule has 13 heteroatoms. The molecule has 0 aliphatic carbocycles. The number of rotatable bonds is 11. The van der Waals surface area contributed by atoms with E-state index in [4.69, 9.17) is 37.4 Å². The lowest BCUT2D eigenvalue weighted by Gasteiger charge is -2.24. The second-order valence-corrected chi connectivity index (χ2v) is 12.5. The van der Waals surface area contributed by atoms with Crippen LogP contribution in [0.15, 0.2) is 65.7 Å². The molecular weight excluding hydrogens is 603 g/mol. The van der Waals surface area contributed by atoms with Crippen molar-refractivity contribution in [2.75, 3.05) is 30.7 Å². The SMILES string of the molecule is CCCCOC(=O)CN(c1ccc2c(ccn2-c2ccc(OC3CCOCC3)nn2)c1)S(=O)(=O)c1cc(Cl)cc(Cl)c1. The lowest BCUT2D eigenvalue weighted by atomic mass is 10.2. The van der Waals surface area contributed by atoms with E-state index in [0.29, 0.717) is 31.3 Å². The van der Waals surface area contributed by atoms with Gasteiger partial charge in [-0.15, -0.1) is 10.2 Å². The first kappa shape index (κ1) is 30.1. The van der Waals surface area contributed by atoms with Crippen molar-refractivity contribution in [3.05, 3.63) is 70.8 Å². The Morgan fingerprint density at radius 1 is 1.05 bits per heavy atom. The van der Waals surface area contributed by atoms with Crippen molar-refractivity contribution in [3.8, 4) is 11.7 Å². The van der Waals surface area contributed by atoms with E-state index < -0.39 is 22.5 Å². The molecule has 0 spiro atoms. The number of halogens is 2. The maximum atomic E-state index is 13.8. The van der Waals surface area contributed by atoms with Gasteiger partial charge in [0.05, 0.1) is 35.9 Å². The Labute approximate surface area is 254 Å². The highest BCUT2D eigenvalue weighted by Crippen LogP contribution is 2.31. The van der Waals surface area contributed by atoms with Crippen LogP contribution in [0.5, 0.6) is 5.88 Å². The largest absolute Gasteiger partial charge is 0.473 e. The van der Waals surface area contributed by atoms with Gasteiger partial charge in [-0.2, -0.15) is 0 Å². The number of carbonyl (C=O) groups excluding carboxylic acids is 1. The summed E-state index contributed by atoms with van der Waals surface area (Å²) >= 11 is 12.2. The molecule has 2 aromatic carbocycles. The van der Waals surface area contributed by atoms with E-state index in [9.17, 15) is 13.2 Å². The average molecular weight is 634 g/mol. The number of fused-ring (bicyclic) bond motifs is 1. The summed E-state index contributed by atoms with van der Waals surface area (Å²) < 4.78 is 47.0. The number of esters is 1. The fourth-order valence-corrected chi connectivity index (χ4v) is 6.69. The summed E-state index contributed by atoms with van der Waals surface area (Å²) in [6, 6.07) is 14.5. The first-order valence-corrected chi connectivity index (χ1v) is 15.8. The summed E-state index contributed by atoms with van der Waals surface area (Å²) in [6.07, 6.45) is 4.98. The molecule has 4 aromatic rings. The molecule has 0 amide bonds. The Morgan fingerprint density at radius 2 is 1.81 bits per heavy atom. The van der Waals surface area contributed by atoms with Crippen LogP contribution in [-0.4, -0.2) is 61.6 Å². The molecule has 0 unspecified atom stereocenters. The van der Waals surface area contributed by atoms with Crippen molar-refractivity contribution in [1.82, 2.24) is 14.8 Å². The number of carbonyl (C=O) groups is 1. The van der Waals surface area contributed by atoms with Crippen LogP contribution in [0.4, 0.5) is 5.69 Å². The standard InChI is InChI=1S/C29H30Cl2N4O6S/c1-2-3-12-40-29(36)19-35(42(37,38)25-17-21(30)16-22(31)18-25)23-4-5-26-20(15-23)8-11-34(26)27-6-7-28(33-32-27)41-24-9-13-39-14-10-24/h4-8,11,15-18,24H,2-3,9-10,12-14,19H2,1H3. The van der Waals surface area contributed by atoms with Gasteiger partial charge in [-0.05, 0) is 55.0 Å². The van der Waals surface area contributed by atoms with E-state index in [-0.39, 0.29) is 33.3 Å². The fourth-order valence-electron chi connectivity index (χ4n) is 4.57. The van der Waals surface area contributed by atoms with Crippen molar-refractivity contribution in [1.29, 1.82) is 0 Å². The van der Waals surface area contributed by atoms with Gasteiger partial charge in [0, 0.05) is 40.5 Å². The number of hydrogen-bond donors (Lipinski definition) is 0. The molecule has 2 aromatic heterocycles. The predicted molar refractivity (Wildman–Crippen MR) is 160 cm³/mol. The zero-order valence-corrected chi connectivity index (χ0v) is 25.2. The molecule has 1 aliphatic rings. The number of anilines is 1. The Kier molecular flexibility index (Phi) is 9.52. The van der Waals surface area contributed by atoms with E-state index in [2.05, 4.69) is 10.2 Å². The second kappa shape index (κ2) is 13.3. The molecule has 0 radical (unpaired) electrons. The molecule has 0 N–H and O–H groups in total. The van der Waals surface area contributed by atoms with Gasteiger partial charge >= 0.3 is 5.97 Å². The Morgan fingerprint density at radius 3 is 2.50 bits per heavy atom. The average Bonchev–Trinajstić information content (AvgIpc) is 3.40. The lowest BCUT2D eigenvalue weighted by molar-refractivity contribution is -0.141. The van der Waals surface area contributed by atoms with Crippen LogP contribution in [-0.2, 0) is 24.3 Å². The van der Waals surface area contributed by atoms with E-state index >= 15 is 0 Å². The van der Waals surface area contributed by atoms with E-state index in [1.54, 1.807) is 30.3 Å². The molecular formula is C29H30Cl2N4O6S. The number of ether oxygens (including phenoxy) is 3. The number of nitrogens with zero attached hydrogens (tertiary/aromatic N) is 4. The minimum Gasteiger partial charge on any atom is -0.473 e. The van der Waals surface area contributed by atoms with Crippen molar-refractivity contribution in [2.24, 2.45) is 0 Å². The minimum atomic E-state index is -4.24. The molecule has 1 saturated heterocycles. The number of aromatic nitrogens is 3. The van der Waals surface area contributed by atoms with Gasteiger partial charge in [-0.3, -0.25) is 13.7 Å². The molecule has 1 fully saturated rings. The van der Waals surface area contributed by atoms with Gasteiger partial charge in [-0.1, -0.05) is 36.5 Å². The Hall–Kier alpha value is -3.38. The van der Waals surface area contributed by atoms with Crippen LogP contribution >= 0.6 is 23.2 Å². The van der Waals surface area contributed by atoms with Gasteiger partial charge in [0.1, 0.15) is 12.6 Å². The topological polar surface area (TPSA) is 113 Å². The normalized spacial score (nSPS) is 14.2. The van der Waals surface area contributed by atoms with E-state index in [1.807, 2.05) is 23.8 Å². The van der Waals surface area contributed by atoms with Crippen molar-refractivity contribution >= 4 is 55.8 Å². The number of unbranched alkanes of at least 4 members (excludes halogenated alkanes) is 1. The lowest BCUT2D eigenvalue weighted by Crippen LogP contribution is -2.36. The van der Waals surface area contributed by atoms with Crippen LogP contribution in [0.2, 0.25) is 10.0 Å². The van der Waals surface area contributed by atoms with Crippen LogP contribution in [0, 0.1) is 0 Å². The van der Waals surface area contributed by atoms with Gasteiger partial charge in [0.2, 0.25) is 5.88 Å². The van der Waals surface area contributed by atoms with E-state index in [0.717, 1.165) is 34.5 Å². The highest BCUT2D eigenvalue weighted by Gasteiger charge is 2.29. The number of hydrogen-bond acceptors (Lipinski definition) is 8. The smallest absolute Gasteiger partial charge is 0.326 e. The summed E-state index contributed by atoms with van der Waals surface area (Å²) in [7, 11) is -4.24. The summed E-state index contributed by atoms with van der Waals surface area (Å²) in [4.78, 5) is 12.6. The Balaban J connectivity index is 1.44. The number of sulfonamides is 1. The highest BCUT2D eigenvalue weighted by molar-refractivity contribution is 7.92. The third kappa shape index (κ3) is 6.97. The predicted octanol–water partition coefficient (Wildman–Crippen LogP) is 5.82. The zero-order chi connectivity index (χ0) is 29.7. The third-order valence-electron chi connectivity index (χ3n) is 6.75. The first-order chi connectivity index (χ1) is 20.2. The summed E-state index contributed by atoms with van der Waals surface area (Å²) in [5.41, 5.74) is 1.04. The minimum absolute atomic E-state index is 0.0517. The van der Waals surface area contributed by atoms with Crippen LogP contribution in [0.25, 0.3) is 16.7 Å². The maximum Gasteiger partial charge on any atom is 0.326 e. The summed E-state index contributed by atoms with van der Waals surface area (Å²) in [5, 5.41) is 9.60. The van der Waals surface area contributed by atoms with Gasteiger partial charge < -0.3 is 14.2 Å². The fraction of sp³-hybridized carbons (Fsp3) is 0.345. The molecule has 0 saturated carbocycles. The molecule has 5 rings (SSSR count). The second-order valence-electron chi connectivity index (χ2n) is 9.78. The van der Waals surface area contributed by atoms with Gasteiger partial charge in [0.15, 0.2) is 5.82 Å². The summed E-state index contributed by atoms with van der Waals surface area (Å²) in [6.45, 7) is 2.98. The van der Waals surface area contributed by atoms with Gasteiger partial charge in [-0.25, -0.2) is 8.42 Å². The monoisotopic (exact) mass is 632 g/mol. The molecule has 222 valence electrons. The summed E-state index contributed by atoms with van der Waals surface area (Å²) in [5.74, 6) is 0.336. The van der Waals surface area contributed by atoms with Crippen molar-refractivity contribution < 1.29 is 27.4 Å². The zero-order valence-electron chi connectivity index (χ0n) is 22.9. The first-order valence-electron chi connectivity index (χ1n) is 13.6. The van der Waals surface area contributed by atoms with Crippen molar-refractivity contribution in [3.63, 3.8) is 0 Å². The third-order valence-corrected chi connectivity index (χ3v) is 8.94. The molecule has 10 nitrogen and oxygen atoms in total. The molecule has 1 aliphatic heterocycles. The quantitative estimate of drug-likeness (QED) is 0.150. The van der Waals surface area contributed by atoms with Crippen LogP contribution in [0.3, 0.4) is 0 Å². The van der Waals surface area contributed by atoms with E-state index in [1.165, 1.54) is 18.2 Å². The molecule has 3 heterocycles. The molecule has 0 atom stereocenters. The van der Waals surface area contributed by atoms with Crippen LogP contribution in [0.1, 0.15) is 32.6 Å². The number of benzene rings is 2.